The number of hydrogen-bond acceptors (Lipinski definition) is 1. The van der Waals surface area contributed by atoms with E-state index in [1.54, 1.807) is 12.1 Å². The van der Waals surface area contributed by atoms with Crippen LogP contribution in [0.2, 0.25) is 10.0 Å². The first kappa shape index (κ1) is 27.9. The lowest BCUT2D eigenvalue weighted by atomic mass is 9.89. The second kappa shape index (κ2) is 11.6. The summed E-state index contributed by atoms with van der Waals surface area (Å²) in [7, 11) is 0. The van der Waals surface area contributed by atoms with Crippen LogP contribution in [0, 0.1) is 0 Å². The fourth-order valence-electron chi connectivity index (χ4n) is 6.11. The normalized spacial score (nSPS) is 15.0. The Morgan fingerprint density at radius 2 is 1.34 bits per heavy atom. The molecule has 0 amide bonds. The van der Waals surface area contributed by atoms with Crippen molar-refractivity contribution in [2.45, 2.75) is 38.0 Å². The third-order valence-electron chi connectivity index (χ3n) is 8.12. The fourth-order valence-corrected chi connectivity index (χ4v) is 6.82. The Morgan fingerprint density at radius 3 is 2.00 bits per heavy atom. The van der Waals surface area contributed by atoms with Gasteiger partial charge < -0.3 is 4.57 Å². The molecule has 6 rings (SSSR count). The van der Waals surface area contributed by atoms with Gasteiger partial charge in [-0.3, -0.25) is 4.90 Å². The minimum absolute atomic E-state index is 0.321. The minimum atomic E-state index is -4.36. The number of fused-ring (bicyclic) bond motifs is 1. The van der Waals surface area contributed by atoms with Gasteiger partial charge in [0.1, 0.15) is 0 Å². The predicted molar refractivity (Wildman–Crippen MR) is 162 cm³/mol. The van der Waals surface area contributed by atoms with Crippen LogP contribution in [-0.2, 0) is 19.3 Å². The summed E-state index contributed by atoms with van der Waals surface area (Å²) in [6.45, 7) is 3.07. The highest BCUT2D eigenvalue weighted by atomic mass is 35.5. The van der Waals surface area contributed by atoms with Crippen LogP contribution in [0.15, 0.2) is 97.1 Å². The van der Waals surface area contributed by atoms with E-state index in [2.05, 4.69) is 39.8 Å². The quantitative estimate of drug-likeness (QED) is 0.190. The highest BCUT2D eigenvalue weighted by molar-refractivity contribution is 6.36. The number of piperidine rings is 1. The Kier molecular flexibility index (Phi) is 7.86. The monoisotopic (exact) mass is 592 g/mol. The van der Waals surface area contributed by atoms with E-state index in [4.69, 9.17) is 23.2 Å². The largest absolute Gasteiger partial charge is 0.416 e. The maximum atomic E-state index is 13.2. The molecule has 1 aliphatic heterocycles. The first-order chi connectivity index (χ1) is 19.8. The van der Waals surface area contributed by atoms with Gasteiger partial charge in [-0.1, -0.05) is 89.9 Å². The molecule has 0 N–H and O–H groups in total. The van der Waals surface area contributed by atoms with E-state index in [1.165, 1.54) is 17.7 Å². The Labute approximate surface area is 247 Å². The summed E-state index contributed by atoms with van der Waals surface area (Å²) in [6.07, 6.45) is -2.42. The van der Waals surface area contributed by atoms with E-state index in [0.717, 1.165) is 75.8 Å². The van der Waals surface area contributed by atoms with Gasteiger partial charge >= 0.3 is 6.18 Å². The highest BCUT2D eigenvalue weighted by Crippen LogP contribution is 2.40. The van der Waals surface area contributed by atoms with Gasteiger partial charge in [0.2, 0.25) is 0 Å². The maximum absolute atomic E-state index is 13.2. The van der Waals surface area contributed by atoms with Gasteiger partial charge in [0.25, 0.3) is 0 Å². The summed E-state index contributed by atoms with van der Waals surface area (Å²) in [6, 6.07) is 29.8. The van der Waals surface area contributed by atoms with E-state index in [-0.39, 0.29) is 0 Å². The van der Waals surface area contributed by atoms with Gasteiger partial charge in [-0.05, 0) is 84.4 Å². The van der Waals surface area contributed by atoms with Gasteiger partial charge in [0.05, 0.1) is 11.3 Å². The number of para-hydroxylation sites is 1. The summed E-state index contributed by atoms with van der Waals surface area (Å²) < 4.78 is 41.9. The molecular weight excluding hydrogens is 564 g/mol. The van der Waals surface area contributed by atoms with Crippen LogP contribution >= 0.6 is 23.2 Å². The van der Waals surface area contributed by atoms with Crippen LogP contribution in [0.25, 0.3) is 22.2 Å². The smallest absolute Gasteiger partial charge is 0.336 e. The molecule has 0 unspecified atom stereocenters. The van der Waals surface area contributed by atoms with Gasteiger partial charge in [0.15, 0.2) is 0 Å². The Morgan fingerprint density at radius 1 is 0.707 bits per heavy atom. The second-order valence-corrected chi connectivity index (χ2v) is 11.5. The molecule has 2 heterocycles. The van der Waals surface area contributed by atoms with Crippen LogP contribution in [0.3, 0.4) is 0 Å². The highest BCUT2D eigenvalue weighted by Gasteiger charge is 2.30. The summed E-state index contributed by atoms with van der Waals surface area (Å²) >= 11 is 13.1. The zero-order valence-electron chi connectivity index (χ0n) is 22.3. The molecule has 41 heavy (non-hydrogen) atoms. The minimum Gasteiger partial charge on any atom is -0.336 e. The van der Waals surface area contributed by atoms with Crippen molar-refractivity contribution >= 4 is 34.1 Å². The first-order valence-electron chi connectivity index (χ1n) is 13.8. The number of hydrogen-bond donors (Lipinski definition) is 0. The van der Waals surface area contributed by atoms with Gasteiger partial charge in [-0.2, -0.15) is 13.2 Å². The molecule has 1 aromatic heterocycles. The zero-order valence-corrected chi connectivity index (χ0v) is 23.9. The molecule has 1 fully saturated rings. The average Bonchev–Trinajstić information content (AvgIpc) is 3.27. The third kappa shape index (κ3) is 5.76. The number of rotatable bonds is 6. The Bertz CT molecular complexity index is 1630. The average molecular weight is 594 g/mol. The van der Waals surface area contributed by atoms with Crippen molar-refractivity contribution in [1.29, 1.82) is 0 Å². The standard InChI is InChI=1S/C34H29Cl2F3N2/c35-29-10-6-11-30(36)32(29)24-17-19-40(20-18-24)22-28-27-9-4-5-12-31(27)41(33(28)25-7-2-1-3-8-25)21-23-13-15-26(16-14-23)34(37,38)39/h1-16,24H,17-22H2. The molecule has 2 nitrogen and oxygen atoms in total. The predicted octanol–water partition coefficient (Wildman–Crippen LogP) is 10.1. The van der Waals surface area contributed by atoms with Crippen molar-refractivity contribution in [2.24, 2.45) is 0 Å². The van der Waals surface area contributed by atoms with E-state index >= 15 is 0 Å². The van der Waals surface area contributed by atoms with Crippen LogP contribution in [-0.4, -0.2) is 22.6 Å². The molecule has 210 valence electrons. The first-order valence-corrected chi connectivity index (χ1v) is 14.5. The van der Waals surface area contributed by atoms with E-state index < -0.39 is 11.7 Å². The molecule has 0 saturated carbocycles. The molecular formula is C34H29Cl2F3N2. The number of nitrogens with zero attached hydrogens (tertiary/aromatic N) is 2. The molecule has 1 saturated heterocycles. The van der Waals surface area contributed by atoms with Crippen molar-refractivity contribution in [3.05, 3.63) is 129 Å². The van der Waals surface area contributed by atoms with Crippen molar-refractivity contribution in [1.82, 2.24) is 9.47 Å². The third-order valence-corrected chi connectivity index (χ3v) is 8.78. The lowest BCUT2D eigenvalue weighted by Crippen LogP contribution is -2.32. The van der Waals surface area contributed by atoms with E-state index in [1.807, 2.05) is 42.5 Å². The number of likely N-dealkylation sites (tertiary alicyclic amines) is 1. The van der Waals surface area contributed by atoms with Gasteiger partial charge in [-0.15, -0.1) is 0 Å². The molecule has 0 radical (unpaired) electrons. The molecule has 0 aliphatic carbocycles. The maximum Gasteiger partial charge on any atom is 0.416 e. The SMILES string of the molecule is FC(F)(F)c1ccc(Cn2c(-c3ccccc3)c(CN3CCC(c4c(Cl)cccc4Cl)CC3)c3ccccc32)cc1. The topological polar surface area (TPSA) is 8.17 Å². The number of alkyl halides is 3. The van der Waals surface area contributed by atoms with Crippen molar-refractivity contribution in [3.8, 4) is 11.3 Å². The summed E-state index contributed by atoms with van der Waals surface area (Å²) in [5.41, 5.74) is 5.72. The number of benzene rings is 4. The fraction of sp³-hybridized carbons (Fsp3) is 0.235. The number of halogens is 5. The van der Waals surface area contributed by atoms with Crippen LogP contribution in [0.5, 0.6) is 0 Å². The Balaban J connectivity index is 1.35. The summed E-state index contributed by atoms with van der Waals surface area (Å²) in [5.74, 6) is 0.321. The zero-order chi connectivity index (χ0) is 28.6. The number of aromatic nitrogens is 1. The summed E-state index contributed by atoms with van der Waals surface area (Å²) in [4.78, 5) is 2.48. The molecule has 4 aromatic carbocycles. The second-order valence-electron chi connectivity index (χ2n) is 10.7. The Hall–Kier alpha value is -3.25. The molecule has 0 spiro atoms. The molecule has 0 bridgehead atoms. The van der Waals surface area contributed by atoms with E-state index in [0.29, 0.717) is 12.5 Å². The molecule has 5 aromatic rings. The lowest BCUT2D eigenvalue weighted by Gasteiger charge is -2.33. The lowest BCUT2D eigenvalue weighted by molar-refractivity contribution is -0.137. The summed E-state index contributed by atoms with van der Waals surface area (Å²) in [5, 5.41) is 2.62. The van der Waals surface area contributed by atoms with E-state index in [9.17, 15) is 13.2 Å². The van der Waals surface area contributed by atoms with Crippen molar-refractivity contribution in [2.75, 3.05) is 13.1 Å². The van der Waals surface area contributed by atoms with Gasteiger partial charge in [0, 0.05) is 34.0 Å². The molecule has 0 atom stereocenters. The van der Waals surface area contributed by atoms with Crippen LogP contribution in [0.4, 0.5) is 13.2 Å². The van der Waals surface area contributed by atoms with Crippen LogP contribution in [0.1, 0.15) is 41.0 Å². The molecule has 7 heteroatoms. The van der Waals surface area contributed by atoms with Gasteiger partial charge in [-0.25, -0.2) is 0 Å². The van der Waals surface area contributed by atoms with Crippen molar-refractivity contribution < 1.29 is 13.2 Å². The van der Waals surface area contributed by atoms with Crippen molar-refractivity contribution in [3.63, 3.8) is 0 Å². The molecule has 1 aliphatic rings. The van der Waals surface area contributed by atoms with Crippen LogP contribution < -0.4 is 0 Å².